The van der Waals surface area contributed by atoms with E-state index >= 15 is 0 Å². The van der Waals surface area contributed by atoms with Gasteiger partial charge in [-0.25, -0.2) is 14.2 Å². The quantitative estimate of drug-likeness (QED) is 0.357. The monoisotopic (exact) mass is 441 g/mol. The molecule has 4 nitrogen and oxygen atoms in total. The van der Waals surface area contributed by atoms with Crippen LogP contribution in [-0.2, 0) is 16.1 Å². The Labute approximate surface area is 182 Å². The maximum absolute atomic E-state index is 13.9. The molecule has 0 aliphatic carbocycles. The summed E-state index contributed by atoms with van der Waals surface area (Å²) >= 11 is 12.0. The standard InChI is InChI=1S/C23H14Cl2FNO3/c24-16-8-7-15(19(25)12-16)13-29-17-9-5-14(6-10-17)11-21-23(28)30-22(27-21)18-3-1-2-4-20(18)26/h1-12H,13H2. The van der Waals surface area contributed by atoms with Crippen molar-refractivity contribution in [3.8, 4) is 5.75 Å². The molecular weight excluding hydrogens is 428 g/mol. The third-order valence-electron chi connectivity index (χ3n) is 4.32. The van der Waals surface area contributed by atoms with E-state index in [1.165, 1.54) is 12.1 Å². The molecule has 0 saturated heterocycles. The summed E-state index contributed by atoms with van der Waals surface area (Å²) in [5.74, 6) is -0.560. The van der Waals surface area contributed by atoms with Crippen molar-refractivity contribution in [3.63, 3.8) is 0 Å². The molecule has 0 amide bonds. The molecule has 0 N–H and O–H groups in total. The lowest BCUT2D eigenvalue weighted by atomic mass is 10.2. The van der Waals surface area contributed by atoms with Crippen molar-refractivity contribution in [1.82, 2.24) is 0 Å². The Bertz CT molecular complexity index is 1170. The maximum Gasteiger partial charge on any atom is 0.363 e. The summed E-state index contributed by atoms with van der Waals surface area (Å²) in [4.78, 5) is 16.2. The largest absolute Gasteiger partial charge is 0.489 e. The first-order valence-corrected chi connectivity index (χ1v) is 9.69. The highest BCUT2D eigenvalue weighted by Crippen LogP contribution is 2.24. The van der Waals surface area contributed by atoms with Crippen LogP contribution in [0.2, 0.25) is 10.0 Å². The number of aliphatic imine (C=N–C) groups is 1. The van der Waals surface area contributed by atoms with Crippen LogP contribution in [0, 0.1) is 5.82 Å². The zero-order chi connectivity index (χ0) is 21.1. The number of nitrogens with zero attached hydrogens (tertiary/aromatic N) is 1. The van der Waals surface area contributed by atoms with Crippen LogP contribution in [0.25, 0.3) is 6.08 Å². The highest BCUT2D eigenvalue weighted by atomic mass is 35.5. The molecule has 0 spiro atoms. The molecule has 1 aliphatic heterocycles. The second kappa shape index (κ2) is 8.69. The van der Waals surface area contributed by atoms with E-state index in [2.05, 4.69) is 4.99 Å². The molecule has 30 heavy (non-hydrogen) atoms. The molecule has 0 bridgehead atoms. The molecule has 0 atom stereocenters. The summed E-state index contributed by atoms with van der Waals surface area (Å²) in [5, 5.41) is 1.10. The molecule has 1 heterocycles. The van der Waals surface area contributed by atoms with E-state index < -0.39 is 11.8 Å². The van der Waals surface area contributed by atoms with Crippen LogP contribution in [0.3, 0.4) is 0 Å². The number of hydrogen-bond donors (Lipinski definition) is 0. The van der Waals surface area contributed by atoms with E-state index in [9.17, 15) is 9.18 Å². The molecule has 0 saturated carbocycles. The lowest BCUT2D eigenvalue weighted by molar-refractivity contribution is -0.129. The van der Waals surface area contributed by atoms with Crippen LogP contribution >= 0.6 is 23.2 Å². The molecule has 3 aromatic rings. The van der Waals surface area contributed by atoms with Gasteiger partial charge in [0.1, 0.15) is 18.2 Å². The second-order valence-electron chi connectivity index (χ2n) is 6.41. The molecule has 3 aromatic carbocycles. The van der Waals surface area contributed by atoms with E-state index in [1.54, 1.807) is 60.7 Å². The van der Waals surface area contributed by atoms with E-state index in [0.29, 0.717) is 22.4 Å². The van der Waals surface area contributed by atoms with Gasteiger partial charge in [0.05, 0.1) is 5.56 Å². The van der Waals surface area contributed by atoms with Crippen molar-refractivity contribution in [1.29, 1.82) is 0 Å². The summed E-state index contributed by atoms with van der Waals surface area (Å²) in [5.41, 5.74) is 1.77. The van der Waals surface area contributed by atoms with Crippen molar-refractivity contribution in [3.05, 3.63) is 105 Å². The van der Waals surface area contributed by atoms with Crippen LogP contribution in [0.1, 0.15) is 16.7 Å². The third kappa shape index (κ3) is 4.53. The van der Waals surface area contributed by atoms with Gasteiger partial charge in [0.25, 0.3) is 0 Å². The normalized spacial score (nSPS) is 14.6. The Morgan fingerprint density at radius 1 is 1.03 bits per heavy atom. The average Bonchev–Trinajstić information content (AvgIpc) is 3.09. The minimum atomic E-state index is -0.633. The zero-order valence-electron chi connectivity index (χ0n) is 15.4. The molecule has 1 aliphatic rings. The van der Waals surface area contributed by atoms with Gasteiger partial charge in [-0.05, 0) is 48.0 Å². The lowest BCUT2D eigenvalue weighted by Gasteiger charge is -2.08. The van der Waals surface area contributed by atoms with Gasteiger partial charge in [-0.2, -0.15) is 0 Å². The molecule has 7 heteroatoms. The number of hydrogen-bond acceptors (Lipinski definition) is 4. The SMILES string of the molecule is O=C1OC(c2ccccc2F)=NC1=Cc1ccc(OCc2ccc(Cl)cc2Cl)cc1. The van der Waals surface area contributed by atoms with Gasteiger partial charge in [-0.3, -0.25) is 0 Å². The van der Waals surface area contributed by atoms with Crippen LogP contribution in [0.15, 0.2) is 77.4 Å². The molecule has 0 radical (unpaired) electrons. The lowest BCUT2D eigenvalue weighted by Crippen LogP contribution is -2.07. The highest BCUT2D eigenvalue weighted by Gasteiger charge is 2.25. The summed E-state index contributed by atoms with van der Waals surface area (Å²) in [7, 11) is 0. The fourth-order valence-electron chi connectivity index (χ4n) is 2.78. The Morgan fingerprint density at radius 2 is 1.80 bits per heavy atom. The van der Waals surface area contributed by atoms with E-state index in [-0.39, 0.29) is 17.2 Å². The Balaban J connectivity index is 1.47. The first-order valence-electron chi connectivity index (χ1n) is 8.94. The number of benzene rings is 3. The number of rotatable bonds is 5. The van der Waals surface area contributed by atoms with Gasteiger partial charge < -0.3 is 9.47 Å². The molecular formula is C23H14Cl2FNO3. The molecule has 0 unspecified atom stereocenters. The number of carbonyl (C=O) groups excluding carboxylic acids is 1. The first-order chi connectivity index (χ1) is 14.5. The van der Waals surface area contributed by atoms with E-state index in [0.717, 1.165) is 11.1 Å². The number of ether oxygens (including phenoxy) is 2. The van der Waals surface area contributed by atoms with Gasteiger partial charge >= 0.3 is 5.97 Å². The van der Waals surface area contributed by atoms with E-state index in [1.807, 2.05) is 0 Å². The maximum atomic E-state index is 13.9. The summed E-state index contributed by atoms with van der Waals surface area (Å²) < 4.78 is 24.7. The minimum absolute atomic E-state index is 0.0517. The smallest absolute Gasteiger partial charge is 0.363 e. The summed E-state index contributed by atoms with van der Waals surface area (Å²) in [6, 6.07) is 18.3. The Kier molecular flexibility index (Phi) is 5.84. The fraction of sp³-hybridized carbons (Fsp3) is 0.0435. The topological polar surface area (TPSA) is 47.9 Å². The van der Waals surface area contributed by atoms with Crippen molar-refractivity contribution >= 4 is 41.1 Å². The van der Waals surface area contributed by atoms with Gasteiger partial charge in [0.2, 0.25) is 5.90 Å². The van der Waals surface area contributed by atoms with Crippen molar-refractivity contribution in [2.24, 2.45) is 4.99 Å². The van der Waals surface area contributed by atoms with Gasteiger partial charge in [-0.15, -0.1) is 0 Å². The number of halogens is 3. The molecule has 4 rings (SSSR count). The van der Waals surface area contributed by atoms with Crippen molar-refractivity contribution in [2.45, 2.75) is 6.61 Å². The van der Waals surface area contributed by atoms with Gasteiger partial charge in [-0.1, -0.05) is 53.5 Å². The fourth-order valence-corrected chi connectivity index (χ4v) is 3.24. The summed E-state index contributed by atoms with van der Waals surface area (Å²) in [6.07, 6.45) is 1.57. The predicted molar refractivity (Wildman–Crippen MR) is 114 cm³/mol. The van der Waals surface area contributed by atoms with Gasteiger partial charge in [0, 0.05) is 15.6 Å². The predicted octanol–water partition coefficient (Wildman–Crippen LogP) is 6.06. The third-order valence-corrected chi connectivity index (χ3v) is 4.90. The minimum Gasteiger partial charge on any atom is -0.489 e. The Morgan fingerprint density at radius 3 is 2.53 bits per heavy atom. The first kappa shape index (κ1) is 20.1. The van der Waals surface area contributed by atoms with Crippen molar-refractivity contribution in [2.75, 3.05) is 0 Å². The molecule has 150 valence electrons. The van der Waals surface area contributed by atoms with Crippen LogP contribution < -0.4 is 4.74 Å². The number of cyclic esters (lactones) is 1. The second-order valence-corrected chi connectivity index (χ2v) is 7.25. The Hall–Kier alpha value is -3.15. The molecule has 0 aromatic heterocycles. The van der Waals surface area contributed by atoms with Crippen molar-refractivity contribution < 1.29 is 18.7 Å². The zero-order valence-corrected chi connectivity index (χ0v) is 17.0. The van der Waals surface area contributed by atoms with Gasteiger partial charge in [0.15, 0.2) is 5.70 Å². The molecule has 0 fully saturated rings. The van der Waals surface area contributed by atoms with Crippen LogP contribution in [0.4, 0.5) is 4.39 Å². The summed E-state index contributed by atoms with van der Waals surface area (Å²) in [6.45, 7) is 0.291. The number of carbonyl (C=O) groups is 1. The highest BCUT2D eigenvalue weighted by molar-refractivity contribution is 6.35. The average molecular weight is 442 g/mol. The number of esters is 1. The van der Waals surface area contributed by atoms with Crippen LogP contribution in [0.5, 0.6) is 5.75 Å². The van der Waals surface area contributed by atoms with Crippen LogP contribution in [-0.4, -0.2) is 11.9 Å². The van der Waals surface area contributed by atoms with E-state index in [4.69, 9.17) is 32.7 Å².